The molecule has 1 unspecified atom stereocenters. The molecule has 100 valence electrons. The van der Waals surface area contributed by atoms with Crippen LogP contribution in [0.2, 0.25) is 0 Å². The van der Waals surface area contributed by atoms with Gasteiger partial charge in [-0.2, -0.15) is 13.2 Å². The number of alkyl halides is 3. The van der Waals surface area contributed by atoms with Gasteiger partial charge in [0.15, 0.2) is 0 Å². The number of halogens is 3. The molecule has 17 heavy (non-hydrogen) atoms. The Morgan fingerprint density at radius 1 is 1.29 bits per heavy atom. The SMILES string of the molecule is C=C(C)C(NCC)C1CCC(C(F)(F)F)CC1. The number of hydrogen-bond donors (Lipinski definition) is 1. The van der Waals surface area contributed by atoms with E-state index in [1.807, 2.05) is 13.8 Å². The monoisotopic (exact) mass is 249 g/mol. The first-order valence-electron chi connectivity index (χ1n) is 6.31. The molecule has 1 fully saturated rings. The van der Waals surface area contributed by atoms with Crippen LogP contribution in [0.1, 0.15) is 39.5 Å². The van der Waals surface area contributed by atoms with Gasteiger partial charge in [-0.15, -0.1) is 0 Å². The van der Waals surface area contributed by atoms with Crippen molar-refractivity contribution in [2.45, 2.75) is 51.7 Å². The molecule has 0 aromatic heterocycles. The third kappa shape index (κ3) is 4.02. The molecule has 0 saturated heterocycles. The summed E-state index contributed by atoms with van der Waals surface area (Å²) in [5.74, 6) is -0.780. The predicted molar refractivity (Wildman–Crippen MR) is 63.8 cm³/mol. The smallest absolute Gasteiger partial charge is 0.310 e. The first-order valence-corrected chi connectivity index (χ1v) is 6.31. The first kappa shape index (κ1) is 14.6. The summed E-state index contributed by atoms with van der Waals surface area (Å²) < 4.78 is 37.6. The third-order valence-corrected chi connectivity index (χ3v) is 3.66. The lowest BCUT2D eigenvalue weighted by Crippen LogP contribution is -2.40. The minimum absolute atomic E-state index is 0.175. The maximum atomic E-state index is 12.5. The fraction of sp³-hybridized carbons (Fsp3) is 0.846. The lowest BCUT2D eigenvalue weighted by molar-refractivity contribution is -0.184. The van der Waals surface area contributed by atoms with Crippen LogP contribution >= 0.6 is 0 Å². The topological polar surface area (TPSA) is 12.0 Å². The van der Waals surface area contributed by atoms with E-state index in [1.54, 1.807) is 0 Å². The Balaban J connectivity index is 2.52. The van der Waals surface area contributed by atoms with Crippen LogP contribution in [-0.4, -0.2) is 18.8 Å². The Morgan fingerprint density at radius 2 is 1.82 bits per heavy atom. The average Bonchev–Trinajstić information content (AvgIpc) is 2.24. The van der Waals surface area contributed by atoms with Crippen molar-refractivity contribution < 1.29 is 13.2 Å². The summed E-state index contributed by atoms with van der Waals surface area (Å²) in [7, 11) is 0. The highest BCUT2D eigenvalue weighted by Gasteiger charge is 2.42. The van der Waals surface area contributed by atoms with Gasteiger partial charge in [-0.3, -0.25) is 0 Å². The van der Waals surface area contributed by atoms with Crippen LogP contribution in [0.5, 0.6) is 0 Å². The fourth-order valence-electron chi connectivity index (χ4n) is 2.74. The molecule has 1 aliphatic carbocycles. The quantitative estimate of drug-likeness (QED) is 0.745. The molecule has 0 aromatic carbocycles. The zero-order chi connectivity index (χ0) is 13.1. The Labute approximate surface area is 101 Å². The standard InChI is InChI=1S/C13H22F3N/c1-4-17-12(9(2)3)10-5-7-11(8-6-10)13(14,15)16/h10-12,17H,2,4-8H2,1,3H3. The fourth-order valence-corrected chi connectivity index (χ4v) is 2.74. The molecule has 0 aromatic rings. The van der Waals surface area contributed by atoms with Crippen molar-refractivity contribution >= 4 is 0 Å². The van der Waals surface area contributed by atoms with E-state index >= 15 is 0 Å². The molecule has 0 radical (unpaired) electrons. The maximum absolute atomic E-state index is 12.5. The molecule has 4 heteroatoms. The molecule has 1 aliphatic rings. The molecule has 0 bridgehead atoms. The summed E-state index contributed by atoms with van der Waals surface area (Å²) in [4.78, 5) is 0. The van der Waals surface area contributed by atoms with Gasteiger partial charge in [0.1, 0.15) is 0 Å². The molecule has 0 amide bonds. The van der Waals surface area contributed by atoms with Crippen molar-refractivity contribution in [2.75, 3.05) is 6.54 Å². The van der Waals surface area contributed by atoms with Gasteiger partial charge in [0.2, 0.25) is 0 Å². The van der Waals surface area contributed by atoms with Gasteiger partial charge >= 0.3 is 6.18 Å². The van der Waals surface area contributed by atoms with Crippen LogP contribution < -0.4 is 5.32 Å². The summed E-state index contributed by atoms with van der Waals surface area (Å²) in [5, 5.41) is 3.32. The zero-order valence-corrected chi connectivity index (χ0v) is 10.6. The minimum atomic E-state index is -4.01. The third-order valence-electron chi connectivity index (χ3n) is 3.66. The highest BCUT2D eigenvalue weighted by molar-refractivity contribution is 5.05. The highest BCUT2D eigenvalue weighted by atomic mass is 19.4. The largest absolute Gasteiger partial charge is 0.391 e. The van der Waals surface area contributed by atoms with Gasteiger partial charge < -0.3 is 5.32 Å². The maximum Gasteiger partial charge on any atom is 0.391 e. The van der Waals surface area contributed by atoms with Gasteiger partial charge in [-0.1, -0.05) is 19.1 Å². The second kappa shape index (κ2) is 5.89. The van der Waals surface area contributed by atoms with Gasteiger partial charge in [-0.25, -0.2) is 0 Å². The van der Waals surface area contributed by atoms with Crippen molar-refractivity contribution in [1.82, 2.24) is 5.32 Å². The van der Waals surface area contributed by atoms with Gasteiger partial charge in [0, 0.05) is 6.04 Å². The second-order valence-corrected chi connectivity index (χ2v) is 5.04. The molecule has 0 spiro atoms. The van der Waals surface area contributed by atoms with Crippen LogP contribution in [0.25, 0.3) is 0 Å². The average molecular weight is 249 g/mol. The Bertz CT molecular complexity index is 252. The van der Waals surface area contributed by atoms with E-state index in [-0.39, 0.29) is 18.9 Å². The van der Waals surface area contributed by atoms with Crippen LogP contribution in [-0.2, 0) is 0 Å². The Kier molecular flexibility index (Phi) is 5.04. The molecule has 1 atom stereocenters. The van der Waals surface area contributed by atoms with Crippen molar-refractivity contribution in [3.05, 3.63) is 12.2 Å². The zero-order valence-electron chi connectivity index (χ0n) is 10.6. The molecule has 1 saturated carbocycles. The second-order valence-electron chi connectivity index (χ2n) is 5.04. The van der Waals surface area contributed by atoms with Crippen LogP contribution in [0, 0.1) is 11.8 Å². The molecule has 1 N–H and O–H groups in total. The lowest BCUT2D eigenvalue weighted by atomic mass is 9.76. The van der Waals surface area contributed by atoms with E-state index in [2.05, 4.69) is 11.9 Å². The molecule has 1 rings (SSSR count). The Morgan fingerprint density at radius 3 is 2.18 bits per heavy atom. The van der Waals surface area contributed by atoms with E-state index in [0.29, 0.717) is 18.8 Å². The summed E-state index contributed by atoms with van der Waals surface area (Å²) >= 11 is 0. The van der Waals surface area contributed by atoms with Crippen molar-refractivity contribution in [1.29, 1.82) is 0 Å². The summed E-state index contributed by atoms with van der Waals surface area (Å²) in [6.07, 6.45) is -2.18. The van der Waals surface area contributed by atoms with Gasteiger partial charge in [0.25, 0.3) is 0 Å². The van der Waals surface area contributed by atoms with E-state index in [0.717, 1.165) is 12.1 Å². The van der Waals surface area contributed by atoms with E-state index in [9.17, 15) is 13.2 Å². The molecule has 0 aliphatic heterocycles. The van der Waals surface area contributed by atoms with E-state index in [4.69, 9.17) is 0 Å². The summed E-state index contributed by atoms with van der Waals surface area (Å²) in [6.45, 7) is 8.72. The summed E-state index contributed by atoms with van der Waals surface area (Å²) in [5.41, 5.74) is 1.03. The first-order chi connectivity index (χ1) is 7.86. The molecule has 1 nitrogen and oxygen atoms in total. The minimum Gasteiger partial charge on any atom is -0.310 e. The Hall–Kier alpha value is -0.510. The van der Waals surface area contributed by atoms with E-state index in [1.165, 1.54) is 0 Å². The van der Waals surface area contributed by atoms with Crippen molar-refractivity contribution in [3.8, 4) is 0 Å². The number of nitrogens with one attached hydrogen (secondary N) is 1. The molecular weight excluding hydrogens is 227 g/mol. The van der Waals surface area contributed by atoms with Crippen LogP contribution in [0.4, 0.5) is 13.2 Å². The number of hydrogen-bond acceptors (Lipinski definition) is 1. The highest BCUT2D eigenvalue weighted by Crippen LogP contribution is 2.41. The number of rotatable bonds is 4. The van der Waals surface area contributed by atoms with E-state index < -0.39 is 12.1 Å². The molecule has 0 heterocycles. The lowest BCUT2D eigenvalue weighted by Gasteiger charge is -2.35. The van der Waals surface area contributed by atoms with Crippen LogP contribution in [0.15, 0.2) is 12.2 Å². The normalized spacial score (nSPS) is 27.8. The van der Waals surface area contributed by atoms with Crippen molar-refractivity contribution in [2.24, 2.45) is 11.8 Å². The summed E-state index contributed by atoms with van der Waals surface area (Å²) in [6, 6.07) is 0.175. The van der Waals surface area contributed by atoms with Crippen LogP contribution in [0.3, 0.4) is 0 Å². The molecular formula is C13H22F3N. The van der Waals surface area contributed by atoms with Crippen molar-refractivity contribution in [3.63, 3.8) is 0 Å². The number of likely N-dealkylation sites (N-methyl/N-ethyl adjacent to an activating group) is 1. The van der Waals surface area contributed by atoms with Gasteiger partial charge in [-0.05, 0) is 45.1 Å². The van der Waals surface area contributed by atoms with Gasteiger partial charge in [0.05, 0.1) is 5.92 Å². The predicted octanol–water partition coefficient (Wildman–Crippen LogP) is 3.91.